The molecule has 0 aliphatic carbocycles. The van der Waals surface area contributed by atoms with Crippen LogP contribution in [-0.2, 0) is 25.0 Å². The maximum Gasteiger partial charge on any atom is 0.241 e. The van der Waals surface area contributed by atoms with Gasteiger partial charge in [0.2, 0.25) is 15.9 Å². The molecule has 1 amide bonds. The Morgan fingerprint density at radius 3 is 2.12 bits per heavy atom. The number of amides is 1. The lowest BCUT2D eigenvalue weighted by Crippen LogP contribution is -2.53. The summed E-state index contributed by atoms with van der Waals surface area (Å²) in [5, 5.41) is 0. The van der Waals surface area contributed by atoms with Crippen LogP contribution in [0.3, 0.4) is 0 Å². The highest BCUT2D eigenvalue weighted by molar-refractivity contribution is 7.89. The zero-order chi connectivity index (χ0) is 19.5. The highest BCUT2D eigenvalue weighted by atomic mass is 32.2. The van der Waals surface area contributed by atoms with Crippen molar-refractivity contribution in [3.05, 3.63) is 29.8 Å². The van der Waals surface area contributed by atoms with Crippen LogP contribution in [0.5, 0.6) is 0 Å². The van der Waals surface area contributed by atoms with E-state index in [9.17, 15) is 13.2 Å². The van der Waals surface area contributed by atoms with Gasteiger partial charge in [-0.3, -0.25) is 4.79 Å². The van der Waals surface area contributed by atoms with Gasteiger partial charge in [-0.1, -0.05) is 46.8 Å². The summed E-state index contributed by atoms with van der Waals surface area (Å²) in [6, 6.07) is 6.05. The van der Waals surface area contributed by atoms with E-state index in [-0.39, 0.29) is 22.1 Å². The van der Waals surface area contributed by atoms with E-state index in [0.717, 1.165) is 5.56 Å². The lowest BCUT2D eigenvalue weighted by Gasteiger charge is -2.32. The number of ether oxygens (including phenoxy) is 1. The molecule has 0 unspecified atom stereocenters. The molecule has 0 spiro atoms. The fourth-order valence-electron chi connectivity index (χ4n) is 2.82. The number of hydrogen-bond donors (Lipinski definition) is 1. The third kappa shape index (κ3) is 5.05. The molecule has 1 aromatic rings. The summed E-state index contributed by atoms with van der Waals surface area (Å²) < 4.78 is 33.4. The van der Waals surface area contributed by atoms with E-state index in [1.807, 2.05) is 26.0 Å². The third-order valence-electron chi connectivity index (χ3n) is 4.57. The molecule has 0 aromatic heterocycles. The predicted molar refractivity (Wildman–Crippen MR) is 101 cm³/mol. The Morgan fingerprint density at radius 1 is 1.12 bits per heavy atom. The molecule has 26 heavy (non-hydrogen) atoms. The van der Waals surface area contributed by atoms with Crippen molar-refractivity contribution < 1.29 is 17.9 Å². The maximum atomic E-state index is 12.8. The average molecular weight is 383 g/mol. The Hall–Kier alpha value is -1.44. The number of carbonyl (C=O) groups is 1. The topological polar surface area (TPSA) is 75.7 Å². The van der Waals surface area contributed by atoms with Crippen molar-refractivity contribution in [2.75, 3.05) is 26.3 Å². The number of sulfonamides is 1. The average Bonchev–Trinajstić information content (AvgIpc) is 2.59. The minimum Gasteiger partial charge on any atom is -0.378 e. The number of rotatable bonds is 5. The largest absolute Gasteiger partial charge is 0.378 e. The molecule has 1 aliphatic rings. The van der Waals surface area contributed by atoms with E-state index in [1.165, 1.54) is 0 Å². The molecule has 1 fully saturated rings. The van der Waals surface area contributed by atoms with Crippen LogP contribution < -0.4 is 4.72 Å². The summed E-state index contributed by atoms with van der Waals surface area (Å²) in [5.74, 6) is -0.354. The maximum absolute atomic E-state index is 12.8. The molecular formula is C19H30N2O4S. The highest BCUT2D eigenvalue weighted by Crippen LogP contribution is 2.23. The molecule has 1 aliphatic heterocycles. The van der Waals surface area contributed by atoms with E-state index in [0.29, 0.717) is 26.3 Å². The second kappa shape index (κ2) is 8.06. The molecule has 1 N–H and O–H groups in total. The summed E-state index contributed by atoms with van der Waals surface area (Å²) in [6.07, 6.45) is 0. The Labute approximate surface area is 157 Å². The lowest BCUT2D eigenvalue weighted by atomic mass is 9.87. The first-order valence-electron chi connectivity index (χ1n) is 9.02. The van der Waals surface area contributed by atoms with E-state index in [1.54, 1.807) is 17.0 Å². The standard InChI is InChI=1S/C19H30N2O4S/c1-14(2)17(18(22)21-10-12-25-13-11-21)20-26(23,24)16-8-6-15(7-9-16)19(3,4)5/h6-9,14,17,20H,10-13H2,1-5H3/t17-/m0/s1. The fraction of sp³-hybridized carbons (Fsp3) is 0.632. The number of benzene rings is 1. The second-order valence-electron chi connectivity index (χ2n) is 8.06. The lowest BCUT2D eigenvalue weighted by molar-refractivity contribution is -0.138. The molecule has 7 heteroatoms. The molecule has 1 aromatic carbocycles. The molecule has 2 rings (SSSR count). The van der Waals surface area contributed by atoms with Crippen molar-refractivity contribution in [2.45, 2.75) is 51.0 Å². The van der Waals surface area contributed by atoms with Gasteiger partial charge in [0, 0.05) is 13.1 Å². The molecule has 6 nitrogen and oxygen atoms in total. The van der Waals surface area contributed by atoms with Crippen LogP contribution >= 0.6 is 0 Å². The van der Waals surface area contributed by atoms with Gasteiger partial charge in [0.15, 0.2) is 0 Å². The number of nitrogens with one attached hydrogen (secondary N) is 1. The summed E-state index contributed by atoms with van der Waals surface area (Å²) in [7, 11) is -3.78. The van der Waals surface area contributed by atoms with Crippen LogP contribution in [0.1, 0.15) is 40.2 Å². The molecule has 146 valence electrons. The van der Waals surface area contributed by atoms with Gasteiger partial charge in [-0.05, 0) is 29.0 Å². The molecule has 0 bridgehead atoms. The third-order valence-corrected chi connectivity index (χ3v) is 6.03. The van der Waals surface area contributed by atoms with Crippen LogP contribution in [0.4, 0.5) is 0 Å². The van der Waals surface area contributed by atoms with Crippen LogP contribution in [0.25, 0.3) is 0 Å². The summed E-state index contributed by atoms with van der Waals surface area (Å²) in [4.78, 5) is 14.6. The van der Waals surface area contributed by atoms with Crippen molar-refractivity contribution in [1.82, 2.24) is 9.62 Å². The first-order chi connectivity index (χ1) is 12.0. The number of morpholine rings is 1. The normalized spacial score (nSPS) is 17.4. The SMILES string of the molecule is CC(C)[C@H](NS(=O)(=O)c1ccc(C(C)(C)C)cc1)C(=O)N1CCOCC1. The summed E-state index contributed by atoms with van der Waals surface area (Å²) in [6.45, 7) is 11.9. The number of carbonyl (C=O) groups excluding carboxylic acids is 1. The molecule has 1 saturated heterocycles. The fourth-order valence-corrected chi connectivity index (χ4v) is 4.16. The molecular weight excluding hydrogens is 352 g/mol. The molecule has 1 atom stereocenters. The quantitative estimate of drug-likeness (QED) is 0.847. The Kier molecular flexibility index (Phi) is 6.47. The van der Waals surface area contributed by atoms with Crippen LogP contribution in [0, 0.1) is 5.92 Å². The van der Waals surface area contributed by atoms with Crippen LogP contribution in [0.15, 0.2) is 29.2 Å². The highest BCUT2D eigenvalue weighted by Gasteiger charge is 2.32. The Morgan fingerprint density at radius 2 is 1.65 bits per heavy atom. The van der Waals surface area contributed by atoms with Gasteiger partial charge in [-0.25, -0.2) is 8.42 Å². The second-order valence-corrected chi connectivity index (χ2v) is 9.77. The predicted octanol–water partition coefficient (Wildman–Crippen LogP) is 2.15. The van der Waals surface area contributed by atoms with Crippen molar-refractivity contribution in [1.29, 1.82) is 0 Å². The van der Waals surface area contributed by atoms with E-state index in [2.05, 4.69) is 25.5 Å². The minimum absolute atomic E-state index is 0.0531. The summed E-state index contributed by atoms with van der Waals surface area (Å²) >= 11 is 0. The summed E-state index contributed by atoms with van der Waals surface area (Å²) in [5.41, 5.74) is 1.00. The van der Waals surface area contributed by atoms with Crippen molar-refractivity contribution in [3.8, 4) is 0 Å². The van der Waals surface area contributed by atoms with Gasteiger partial charge in [0.1, 0.15) is 6.04 Å². The van der Waals surface area contributed by atoms with Gasteiger partial charge in [-0.2, -0.15) is 4.72 Å². The van der Waals surface area contributed by atoms with Gasteiger partial charge < -0.3 is 9.64 Å². The van der Waals surface area contributed by atoms with Gasteiger partial charge in [0.05, 0.1) is 18.1 Å². The van der Waals surface area contributed by atoms with Gasteiger partial charge >= 0.3 is 0 Å². The first kappa shape index (κ1) is 20.9. The van der Waals surface area contributed by atoms with E-state index < -0.39 is 16.1 Å². The molecule has 1 heterocycles. The van der Waals surface area contributed by atoms with Crippen molar-refractivity contribution in [2.24, 2.45) is 5.92 Å². The zero-order valence-corrected chi connectivity index (χ0v) is 17.1. The number of nitrogens with zero attached hydrogens (tertiary/aromatic N) is 1. The zero-order valence-electron chi connectivity index (χ0n) is 16.3. The molecule has 0 radical (unpaired) electrons. The first-order valence-corrected chi connectivity index (χ1v) is 10.5. The Balaban J connectivity index is 2.19. The van der Waals surface area contributed by atoms with Crippen LogP contribution in [0.2, 0.25) is 0 Å². The smallest absolute Gasteiger partial charge is 0.241 e. The number of hydrogen-bond acceptors (Lipinski definition) is 4. The van der Waals surface area contributed by atoms with Gasteiger partial charge in [-0.15, -0.1) is 0 Å². The van der Waals surface area contributed by atoms with Crippen molar-refractivity contribution >= 4 is 15.9 Å². The van der Waals surface area contributed by atoms with E-state index in [4.69, 9.17) is 4.74 Å². The monoisotopic (exact) mass is 382 g/mol. The van der Waals surface area contributed by atoms with E-state index >= 15 is 0 Å². The Bertz CT molecular complexity index is 715. The minimum atomic E-state index is -3.78. The molecule has 0 saturated carbocycles. The van der Waals surface area contributed by atoms with Crippen molar-refractivity contribution in [3.63, 3.8) is 0 Å². The van der Waals surface area contributed by atoms with Crippen LogP contribution in [-0.4, -0.2) is 51.6 Å². The van der Waals surface area contributed by atoms with Gasteiger partial charge in [0.25, 0.3) is 0 Å².